The molecule has 0 aromatic carbocycles. The maximum Gasteiger partial charge on any atom is 0.0388 e. The van der Waals surface area contributed by atoms with Gasteiger partial charge in [-0.25, -0.2) is 0 Å². The highest BCUT2D eigenvalue weighted by Crippen LogP contribution is 2.15. The molecule has 0 saturated carbocycles. The molecule has 0 fully saturated rings. The van der Waals surface area contributed by atoms with Crippen LogP contribution in [0.25, 0.3) is 0 Å². The first-order valence-corrected chi connectivity index (χ1v) is 5.00. The van der Waals surface area contributed by atoms with Crippen molar-refractivity contribution in [1.29, 1.82) is 0 Å². The van der Waals surface area contributed by atoms with Crippen LogP contribution in [0.3, 0.4) is 0 Å². The third-order valence-electron chi connectivity index (χ3n) is 2.20. The second-order valence-corrected chi connectivity index (χ2v) is 4.42. The molecule has 0 atom stereocenters. The fourth-order valence-corrected chi connectivity index (χ4v) is 0.846. The van der Waals surface area contributed by atoms with Crippen molar-refractivity contribution in [3.05, 3.63) is 0 Å². The lowest BCUT2D eigenvalue weighted by Gasteiger charge is -2.17. The first-order chi connectivity index (χ1) is 5.48. The lowest BCUT2D eigenvalue weighted by atomic mass is 9.91. The van der Waals surface area contributed by atoms with Crippen molar-refractivity contribution in [1.82, 2.24) is 0 Å². The van der Waals surface area contributed by atoms with Crippen molar-refractivity contribution in [2.24, 2.45) is 10.4 Å². The van der Waals surface area contributed by atoms with E-state index in [1.165, 1.54) is 25.0 Å². The van der Waals surface area contributed by atoms with Gasteiger partial charge in [0.05, 0.1) is 0 Å². The third-order valence-corrected chi connectivity index (χ3v) is 2.20. The van der Waals surface area contributed by atoms with E-state index in [0.717, 1.165) is 6.54 Å². The van der Waals surface area contributed by atoms with Gasteiger partial charge in [-0.1, -0.05) is 40.5 Å². The highest BCUT2D eigenvalue weighted by Gasteiger charge is 2.12. The van der Waals surface area contributed by atoms with Gasteiger partial charge in [0.15, 0.2) is 0 Å². The van der Waals surface area contributed by atoms with E-state index in [0.29, 0.717) is 0 Å². The van der Waals surface area contributed by atoms with Crippen LogP contribution < -0.4 is 0 Å². The molecule has 0 aliphatic carbocycles. The van der Waals surface area contributed by atoms with E-state index in [2.05, 4.69) is 39.6 Å². The van der Waals surface area contributed by atoms with Crippen molar-refractivity contribution < 1.29 is 0 Å². The van der Waals surface area contributed by atoms with Crippen molar-refractivity contribution in [2.45, 2.75) is 53.9 Å². The fraction of sp³-hybridized carbons (Fsp3) is 0.909. The van der Waals surface area contributed by atoms with Crippen LogP contribution in [0.4, 0.5) is 0 Å². The van der Waals surface area contributed by atoms with E-state index in [9.17, 15) is 0 Å². The minimum atomic E-state index is 0.256. The molecule has 0 spiro atoms. The number of nitrogens with zero attached hydrogens (tertiary/aromatic N) is 1. The Labute approximate surface area is 77.3 Å². The van der Waals surface area contributed by atoms with Crippen molar-refractivity contribution in [2.75, 3.05) is 6.54 Å². The average Bonchev–Trinajstić information content (AvgIpc) is 1.96. The van der Waals surface area contributed by atoms with Gasteiger partial charge in [-0.2, -0.15) is 0 Å². The molecule has 0 amide bonds. The van der Waals surface area contributed by atoms with Gasteiger partial charge in [0.1, 0.15) is 0 Å². The van der Waals surface area contributed by atoms with Gasteiger partial charge in [-0.15, -0.1) is 0 Å². The van der Waals surface area contributed by atoms with E-state index in [1.54, 1.807) is 0 Å². The van der Waals surface area contributed by atoms with Gasteiger partial charge < -0.3 is 0 Å². The Morgan fingerprint density at radius 3 is 2.17 bits per heavy atom. The van der Waals surface area contributed by atoms with Gasteiger partial charge >= 0.3 is 0 Å². The Balaban J connectivity index is 3.70. The van der Waals surface area contributed by atoms with E-state index in [4.69, 9.17) is 0 Å². The van der Waals surface area contributed by atoms with E-state index in [1.807, 2.05) is 0 Å². The van der Waals surface area contributed by atoms with E-state index >= 15 is 0 Å². The number of rotatable bonds is 4. The Hall–Kier alpha value is -0.330. The summed E-state index contributed by atoms with van der Waals surface area (Å²) in [5.41, 5.74) is 1.53. The van der Waals surface area contributed by atoms with Crippen LogP contribution in [0.1, 0.15) is 53.9 Å². The molecule has 0 aliphatic heterocycles. The van der Waals surface area contributed by atoms with Crippen LogP contribution in [0.15, 0.2) is 4.99 Å². The Morgan fingerprint density at radius 1 is 1.17 bits per heavy atom. The summed E-state index contributed by atoms with van der Waals surface area (Å²) in [5, 5.41) is 0. The molecule has 0 N–H and O–H groups in total. The SMILES string of the molecule is CCCCCN=C(C)C(C)(C)C. The Morgan fingerprint density at radius 2 is 1.75 bits per heavy atom. The summed E-state index contributed by atoms with van der Waals surface area (Å²) in [6, 6.07) is 0. The smallest absolute Gasteiger partial charge is 0.0388 e. The van der Waals surface area contributed by atoms with E-state index in [-0.39, 0.29) is 5.41 Å². The molecule has 0 radical (unpaired) electrons. The monoisotopic (exact) mass is 169 g/mol. The molecule has 72 valence electrons. The van der Waals surface area contributed by atoms with Crippen LogP contribution in [0, 0.1) is 5.41 Å². The molecule has 0 rings (SSSR count). The maximum absolute atomic E-state index is 4.55. The second-order valence-electron chi connectivity index (χ2n) is 4.42. The molecule has 0 aromatic heterocycles. The van der Waals surface area contributed by atoms with Crippen molar-refractivity contribution >= 4 is 5.71 Å². The highest BCUT2D eigenvalue weighted by molar-refractivity contribution is 5.86. The molecular weight excluding hydrogens is 146 g/mol. The van der Waals surface area contributed by atoms with Gasteiger partial charge in [0, 0.05) is 12.3 Å². The third kappa shape index (κ3) is 5.34. The predicted octanol–water partition coefficient (Wildman–Crippen LogP) is 3.68. The molecule has 1 nitrogen and oxygen atoms in total. The van der Waals surface area contributed by atoms with Gasteiger partial charge in [-0.05, 0) is 18.8 Å². The largest absolute Gasteiger partial charge is 0.294 e. The Bertz CT molecular complexity index is 140. The lowest BCUT2D eigenvalue weighted by Crippen LogP contribution is -2.17. The quantitative estimate of drug-likeness (QED) is 0.449. The van der Waals surface area contributed by atoms with Crippen LogP contribution in [-0.4, -0.2) is 12.3 Å². The van der Waals surface area contributed by atoms with Crippen LogP contribution >= 0.6 is 0 Å². The molecule has 0 heterocycles. The highest BCUT2D eigenvalue weighted by atomic mass is 14.7. The molecule has 0 aliphatic rings. The minimum Gasteiger partial charge on any atom is -0.294 e. The van der Waals surface area contributed by atoms with Gasteiger partial charge in [0.25, 0.3) is 0 Å². The number of hydrogen-bond donors (Lipinski definition) is 0. The zero-order chi connectivity index (χ0) is 9.61. The first-order valence-electron chi connectivity index (χ1n) is 5.00. The molecular formula is C11H23N. The second kappa shape index (κ2) is 5.34. The van der Waals surface area contributed by atoms with Crippen molar-refractivity contribution in [3.8, 4) is 0 Å². The molecule has 0 saturated heterocycles. The van der Waals surface area contributed by atoms with Crippen LogP contribution in [0.5, 0.6) is 0 Å². The van der Waals surface area contributed by atoms with Gasteiger partial charge in [0.2, 0.25) is 0 Å². The normalized spacial score (nSPS) is 13.6. The fourth-order valence-electron chi connectivity index (χ4n) is 0.846. The van der Waals surface area contributed by atoms with Crippen LogP contribution in [-0.2, 0) is 0 Å². The number of aliphatic imine (C=N–C) groups is 1. The summed E-state index contributed by atoms with van der Waals surface area (Å²) in [4.78, 5) is 4.55. The summed E-state index contributed by atoms with van der Waals surface area (Å²) in [7, 11) is 0. The standard InChI is InChI=1S/C11H23N/c1-6-7-8-9-12-10(2)11(3,4)5/h6-9H2,1-5H3. The minimum absolute atomic E-state index is 0.256. The zero-order valence-electron chi connectivity index (χ0n) is 9.28. The summed E-state index contributed by atoms with van der Waals surface area (Å²) in [5.74, 6) is 0. The van der Waals surface area contributed by atoms with E-state index < -0.39 is 0 Å². The summed E-state index contributed by atoms with van der Waals surface area (Å²) < 4.78 is 0. The summed E-state index contributed by atoms with van der Waals surface area (Å²) >= 11 is 0. The predicted molar refractivity (Wildman–Crippen MR) is 57.0 cm³/mol. The zero-order valence-corrected chi connectivity index (χ0v) is 9.28. The topological polar surface area (TPSA) is 12.4 Å². The first kappa shape index (κ1) is 11.7. The molecule has 0 unspecified atom stereocenters. The number of unbranched alkanes of at least 4 members (excludes halogenated alkanes) is 2. The lowest BCUT2D eigenvalue weighted by molar-refractivity contribution is 0.582. The molecule has 0 bridgehead atoms. The molecule has 12 heavy (non-hydrogen) atoms. The molecule has 0 aromatic rings. The van der Waals surface area contributed by atoms with Gasteiger partial charge in [-0.3, -0.25) is 4.99 Å². The van der Waals surface area contributed by atoms with Crippen molar-refractivity contribution in [3.63, 3.8) is 0 Å². The summed E-state index contributed by atoms with van der Waals surface area (Å²) in [6.07, 6.45) is 3.83. The Kier molecular flexibility index (Phi) is 5.19. The average molecular weight is 169 g/mol. The maximum atomic E-state index is 4.55. The van der Waals surface area contributed by atoms with Crippen LogP contribution in [0.2, 0.25) is 0 Å². The summed E-state index contributed by atoms with van der Waals surface area (Å²) in [6.45, 7) is 12.0. The molecule has 1 heteroatoms. The number of hydrogen-bond acceptors (Lipinski definition) is 1.